The van der Waals surface area contributed by atoms with Crippen molar-refractivity contribution in [2.24, 2.45) is 4.99 Å². The summed E-state index contributed by atoms with van der Waals surface area (Å²) in [4.78, 5) is 41.7. The van der Waals surface area contributed by atoms with Crippen LogP contribution in [0, 0.1) is 0 Å². The summed E-state index contributed by atoms with van der Waals surface area (Å²) in [6.07, 6.45) is -3.86. The molecular weight excluding hydrogens is 466 g/mol. The molecule has 2 aromatic rings. The van der Waals surface area contributed by atoms with Crippen molar-refractivity contribution < 1.29 is 29.3 Å². The molecule has 2 aromatic carbocycles. The van der Waals surface area contributed by atoms with Gasteiger partial charge in [-0.15, -0.1) is 0 Å². The highest BCUT2D eigenvalue weighted by atomic mass is 16.6. The third-order valence-electron chi connectivity index (χ3n) is 4.74. The molecule has 194 valence electrons. The van der Waals surface area contributed by atoms with Crippen LogP contribution >= 0.6 is 0 Å². The van der Waals surface area contributed by atoms with Crippen LogP contribution in [0.3, 0.4) is 0 Å². The Kier molecular flexibility index (Phi) is 9.66. The average Bonchev–Trinajstić information content (AvgIpc) is 2.76. The number of amides is 3. The Hall–Kier alpha value is -4.28. The number of carboxylic acid groups (broad SMARTS) is 2. The molecule has 4 N–H and O–H groups in total. The van der Waals surface area contributed by atoms with Crippen molar-refractivity contribution in [2.45, 2.75) is 46.4 Å². The van der Waals surface area contributed by atoms with E-state index in [2.05, 4.69) is 15.6 Å². The number of nitrogens with one attached hydrogen (secondary N) is 2. The number of hydrogen-bond acceptors (Lipinski definition) is 6. The van der Waals surface area contributed by atoms with Gasteiger partial charge in [0.2, 0.25) is 5.96 Å². The number of rotatable bonds is 7. The molecule has 0 saturated carbocycles. The summed E-state index contributed by atoms with van der Waals surface area (Å²) in [5, 5.41) is 24.3. The third-order valence-corrected chi connectivity index (χ3v) is 4.74. The molecule has 0 aromatic heterocycles. The minimum absolute atomic E-state index is 0.136. The summed E-state index contributed by atoms with van der Waals surface area (Å²) in [5.41, 5.74) is 1.89. The molecule has 0 saturated heterocycles. The highest BCUT2D eigenvalue weighted by Crippen LogP contribution is 2.27. The number of aliphatic imine (C=N–C) groups is 1. The van der Waals surface area contributed by atoms with Gasteiger partial charge in [0.1, 0.15) is 5.60 Å². The van der Waals surface area contributed by atoms with E-state index in [1.807, 2.05) is 42.3 Å². The average molecular weight is 500 g/mol. The molecule has 0 unspecified atom stereocenters. The van der Waals surface area contributed by atoms with Crippen molar-refractivity contribution in [3.05, 3.63) is 59.7 Å². The molecule has 0 atom stereocenters. The van der Waals surface area contributed by atoms with Gasteiger partial charge in [-0.05, 0) is 57.0 Å². The Labute approximate surface area is 210 Å². The number of alkyl carbamates (subject to hydrolysis) is 1. The number of anilines is 2. The van der Waals surface area contributed by atoms with E-state index in [0.717, 1.165) is 5.56 Å². The maximum atomic E-state index is 12.2. The van der Waals surface area contributed by atoms with E-state index >= 15 is 0 Å². The zero-order valence-corrected chi connectivity index (χ0v) is 21.1. The highest BCUT2D eigenvalue weighted by molar-refractivity contribution is 6.02. The van der Waals surface area contributed by atoms with Crippen molar-refractivity contribution in [2.75, 3.05) is 23.8 Å². The topological polar surface area (TPSA) is 144 Å². The van der Waals surface area contributed by atoms with Crippen LogP contribution < -0.4 is 15.5 Å². The summed E-state index contributed by atoms with van der Waals surface area (Å²) >= 11 is 0. The van der Waals surface area contributed by atoms with Gasteiger partial charge >= 0.3 is 18.3 Å². The Bertz CT molecular complexity index is 1080. The lowest BCUT2D eigenvalue weighted by Crippen LogP contribution is -2.40. The molecule has 0 heterocycles. The van der Waals surface area contributed by atoms with Gasteiger partial charge < -0.3 is 25.2 Å². The van der Waals surface area contributed by atoms with E-state index in [-0.39, 0.29) is 5.96 Å². The minimum Gasteiger partial charge on any atom is -0.465 e. The lowest BCUT2D eigenvalue weighted by Gasteiger charge is -2.25. The number of nitrogens with zero attached hydrogens (tertiary/aromatic N) is 3. The first-order valence-corrected chi connectivity index (χ1v) is 11.3. The summed E-state index contributed by atoms with van der Waals surface area (Å²) in [5.74, 6) is 0.136. The molecule has 11 nitrogen and oxygen atoms in total. The van der Waals surface area contributed by atoms with E-state index in [1.54, 1.807) is 45.9 Å². The number of imide groups is 1. The van der Waals surface area contributed by atoms with Gasteiger partial charge in [-0.3, -0.25) is 10.3 Å². The molecular formula is C25H33N5O6. The number of benzene rings is 2. The van der Waals surface area contributed by atoms with Crippen LogP contribution in [0.5, 0.6) is 0 Å². The Balaban J connectivity index is 2.37. The highest BCUT2D eigenvalue weighted by Gasteiger charge is 2.23. The smallest absolute Gasteiger partial charge is 0.417 e. The molecule has 0 radical (unpaired) electrons. The fourth-order valence-corrected chi connectivity index (χ4v) is 3.30. The zero-order valence-electron chi connectivity index (χ0n) is 21.1. The van der Waals surface area contributed by atoms with Gasteiger partial charge in [-0.1, -0.05) is 30.3 Å². The van der Waals surface area contributed by atoms with E-state index in [9.17, 15) is 24.6 Å². The number of carbonyl (C=O) groups excluding carboxylic acids is 1. The molecule has 3 amide bonds. The predicted octanol–water partition coefficient (Wildman–Crippen LogP) is 4.79. The lowest BCUT2D eigenvalue weighted by molar-refractivity contribution is 0.0562. The maximum absolute atomic E-state index is 12.2. The summed E-state index contributed by atoms with van der Waals surface area (Å²) in [6, 6.07) is 14.8. The van der Waals surface area contributed by atoms with Gasteiger partial charge in [0.15, 0.2) is 0 Å². The second-order valence-electron chi connectivity index (χ2n) is 8.91. The summed E-state index contributed by atoms with van der Waals surface area (Å²) < 4.78 is 5.27. The van der Waals surface area contributed by atoms with E-state index in [1.165, 1.54) is 0 Å². The summed E-state index contributed by atoms with van der Waals surface area (Å²) in [7, 11) is 1.83. The van der Waals surface area contributed by atoms with E-state index in [0.29, 0.717) is 34.9 Å². The molecule has 2 rings (SSSR count). The van der Waals surface area contributed by atoms with Gasteiger partial charge in [-0.2, -0.15) is 0 Å². The first kappa shape index (κ1) is 28.0. The second-order valence-corrected chi connectivity index (χ2v) is 8.91. The Morgan fingerprint density at radius 2 is 1.64 bits per heavy atom. The normalized spacial score (nSPS) is 11.4. The van der Waals surface area contributed by atoms with Gasteiger partial charge in [-0.25, -0.2) is 19.3 Å². The SMILES string of the molecule is CCN=C(NC(=O)OC(C)(C)C)Nc1ccc(N(C)Cc2ccccc2)c(CN(C(=O)O)C(=O)O)c1. The maximum Gasteiger partial charge on any atom is 0.417 e. The molecule has 0 aliphatic carbocycles. The number of guanidine groups is 1. The largest absolute Gasteiger partial charge is 0.465 e. The number of carbonyl (C=O) groups is 3. The fraction of sp³-hybridized carbons (Fsp3) is 0.360. The molecule has 0 aliphatic heterocycles. The number of hydrogen-bond donors (Lipinski definition) is 4. The quantitative estimate of drug-likeness (QED) is 0.314. The summed E-state index contributed by atoms with van der Waals surface area (Å²) in [6.45, 7) is 7.51. The molecule has 0 fully saturated rings. The van der Waals surface area contributed by atoms with Crippen molar-refractivity contribution in [1.82, 2.24) is 10.2 Å². The Morgan fingerprint density at radius 1 is 1.00 bits per heavy atom. The predicted molar refractivity (Wildman–Crippen MR) is 138 cm³/mol. The van der Waals surface area contributed by atoms with Crippen molar-refractivity contribution in [1.29, 1.82) is 0 Å². The Morgan fingerprint density at radius 3 is 2.19 bits per heavy atom. The third kappa shape index (κ3) is 8.82. The monoisotopic (exact) mass is 499 g/mol. The van der Waals surface area contributed by atoms with Crippen LogP contribution in [-0.4, -0.2) is 58.5 Å². The fourth-order valence-electron chi connectivity index (χ4n) is 3.30. The molecule has 36 heavy (non-hydrogen) atoms. The van der Waals surface area contributed by atoms with Gasteiger partial charge in [0.25, 0.3) is 0 Å². The van der Waals surface area contributed by atoms with Crippen molar-refractivity contribution in [3.8, 4) is 0 Å². The van der Waals surface area contributed by atoms with Crippen LogP contribution in [0.4, 0.5) is 25.8 Å². The molecule has 0 spiro atoms. The zero-order chi connectivity index (χ0) is 26.9. The van der Waals surface area contributed by atoms with Crippen LogP contribution in [0.1, 0.15) is 38.8 Å². The van der Waals surface area contributed by atoms with Gasteiger partial charge in [0.05, 0.1) is 6.54 Å². The van der Waals surface area contributed by atoms with Crippen molar-refractivity contribution in [3.63, 3.8) is 0 Å². The first-order chi connectivity index (χ1) is 16.9. The second kappa shape index (κ2) is 12.4. The molecule has 11 heteroatoms. The van der Waals surface area contributed by atoms with Crippen LogP contribution in [-0.2, 0) is 17.8 Å². The van der Waals surface area contributed by atoms with Crippen molar-refractivity contribution >= 4 is 35.6 Å². The lowest BCUT2D eigenvalue weighted by atomic mass is 10.1. The standard InChI is InChI=1S/C25H33N5O6/c1-6-26-21(28-22(31)36-25(2,3)4)27-19-12-13-20(29(5)15-17-10-8-7-9-11-17)18(14-19)16-30(23(32)33)24(34)35/h7-14H,6,15-16H2,1-5H3,(H,32,33)(H,34,35)(H2,26,27,28,31). The van der Waals surface area contributed by atoms with Crippen LogP contribution in [0.25, 0.3) is 0 Å². The van der Waals surface area contributed by atoms with Crippen LogP contribution in [0.15, 0.2) is 53.5 Å². The number of ether oxygens (including phenoxy) is 1. The van der Waals surface area contributed by atoms with E-state index < -0.39 is 30.4 Å². The first-order valence-electron chi connectivity index (χ1n) is 11.3. The molecule has 0 aliphatic rings. The minimum atomic E-state index is -1.59. The van der Waals surface area contributed by atoms with Crippen LogP contribution in [0.2, 0.25) is 0 Å². The van der Waals surface area contributed by atoms with Gasteiger partial charge in [0, 0.05) is 31.5 Å². The molecule has 0 bridgehead atoms. The van der Waals surface area contributed by atoms with E-state index in [4.69, 9.17) is 4.74 Å².